The first-order valence-corrected chi connectivity index (χ1v) is 6.80. The van der Waals surface area contributed by atoms with Crippen LogP contribution in [0.3, 0.4) is 0 Å². The molecule has 0 aromatic heterocycles. The lowest BCUT2D eigenvalue weighted by Gasteiger charge is -2.23. The number of benzene rings is 1. The van der Waals surface area contributed by atoms with Crippen LogP contribution in [0.1, 0.15) is 31.9 Å². The zero-order valence-electron chi connectivity index (χ0n) is 10.8. The highest BCUT2D eigenvalue weighted by Gasteiger charge is 2.09. The Hall–Kier alpha value is -0.340. The molecule has 16 heavy (non-hydrogen) atoms. The molecule has 90 valence electrons. The Balaban J connectivity index is 2.74. The van der Waals surface area contributed by atoms with E-state index in [1.807, 2.05) is 0 Å². The lowest BCUT2D eigenvalue weighted by Crippen LogP contribution is -2.27. The van der Waals surface area contributed by atoms with Crippen LogP contribution in [0, 0.1) is 12.8 Å². The van der Waals surface area contributed by atoms with Crippen molar-refractivity contribution in [1.29, 1.82) is 0 Å². The summed E-state index contributed by atoms with van der Waals surface area (Å²) >= 11 is 3.68. The molecule has 0 aliphatic heterocycles. The van der Waals surface area contributed by atoms with Crippen LogP contribution in [0.15, 0.2) is 22.7 Å². The van der Waals surface area contributed by atoms with Gasteiger partial charge in [0.25, 0.3) is 0 Å². The van der Waals surface area contributed by atoms with Crippen molar-refractivity contribution < 1.29 is 0 Å². The van der Waals surface area contributed by atoms with Crippen molar-refractivity contribution in [2.24, 2.45) is 5.92 Å². The second-order valence-electron chi connectivity index (χ2n) is 4.77. The van der Waals surface area contributed by atoms with Gasteiger partial charge in [-0.2, -0.15) is 0 Å². The summed E-state index contributed by atoms with van der Waals surface area (Å²) in [5.41, 5.74) is 2.71. The summed E-state index contributed by atoms with van der Waals surface area (Å²) in [6, 6.07) is 6.49. The number of aryl methyl sites for hydroxylation is 1. The van der Waals surface area contributed by atoms with E-state index in [2.05, 4.69) is 66.7 Å². The predicted molar refractivity (Wildman–Crippen MR) is 74.7 cm³/mol. The third-order valence-corrected chi connectivity index (χ3v) is 3.87. The van der Waals surface area contributed by atoms with Gasteiger partial charge in [-0.25, -0.2) is 0 Å². The fraction of sp³-hybridized carbons (Fsp3) is 0.571. The van der Waals surface area contributed by atoms with Crippen molar-refractivity contribution >= 4 is 15.9 Å². The highest BCUT2D eigenvalue weighted by molar-refractivity contribution is 9.10. The highest BCUT2D eigenvalue weighted by Crippen LogP contribution is 2.22. The summed E-state index contributed by atoms with van der Waals surface area (Å²) in [4.78, 5) is 2.49. The Morgan fingerprint density at radius 1 is 1.31 bits per heavy atom. The van der Waals surface area contributed by atoms with Crippen molar-refractivity contribution in [2.45, 2.75) is 34.2 Å². The lowest BCUT2D eigenvalue weighted by atomic mass is 10.1. The minimum Gasteiger partial charge on any atom is -0.299 e. The van der Waals surface area contributed by atoms with E-state index in [0.29, 0.717) is 0 Å². The van der Waals surface area contributed by atoms with E-state index in [4.69, 9.17) is 0 Å². The van der Waals surface area contributed by atoms with Gasteiger partial charge in [-0.15, -0.1) is 0 Å². The van der Waals surface area contributed by atoms with Crippen molar-refractivity contribution in [1.82, 2.24) is 4.90 Å². The van der Waals surface area contributed by atoms with Gasteiger partial charge in [0.2, 0.25) is 0 Å². The van der Waals surface area contributed by atoms with Crippen molar-refractivity contribution in [2.75, 3.05) is 13.1 Å². The minimum atomic E-state index is 0.725. The molecule has 0 saturated heterocycles. The second-order valence-corrected chi connectivity index (χ2v) is 5.56. The fourth-order valence-electron chi connectivity index (χ4n) is 1.89. The van der Waals surface area contributed by atoms with E-state index in [0.717, 1.165) is 25.6 Å². The molecule has 0 atom stereocenters. The summed E-state index contributed by atoms with van der Waals surface area (Å²) in [5, 5.41) is 0. The van der Waals surface area contributed by atoms with Crippen LogP contribution in [0.4, 0.5) is 0 Å². The second kappa shape index (κ2) is 6.41. The molecular formula is C14H22BrN. The quantitative estimate of drug-likeness (QED) is 0.782. The van der Waals surface area contributed by atoms with Crippen LogP contribution in [0.5, 0.6) is 0 Å². The van der Waals surface area contributed by atoms with Crippen LogP contribution >= 0.6 is 15.9 Å². The highest BCUT2D eigenvalue weighted by atomic mass is 79.9. The summed E-state index contributed by atoms with van der Waals surface area (Å²) < 4.78 is 1.26. The molecular weight excluding hydrogens is 262 g/mol. The smallest absolute Gasteiger partial charge is 0.0249 e. The monoisotopic (exact) mass is 283 g/mol. The zero-order chi connectivity index (χ0) is 12.1. The number of hydrogen-bond acceptors (Lipinski definition) is 1. The van der Waals surface area contributed by atoms with Crippen LogP contribution in [0.2, 0.25) is 0 Å². The van der Waals surface area contributed by atoms with Gasteiger partial charge in [-0.05, 0) is 30.5 Å². The van der Waals surface area contributed by atoms with Gasteiger partial charge >= 0.3 is 0 Å². The number of halogens is 1. The molecule has 0 amide bonds. The molecule has 0 aliphatic carbocycles. The Morgan fingerprint density at radius 2 is 2.00 bits per heavy atom. The van der Waals surface area contributed by atoms with Gasteiger partial charge in [0, 0.05) is 17.6 Å². The maximum Gasteiger partial charge on any atom is 0.0249 e. The number of nitrogens with zero attached hydrogens (tertiary/aromatic N) is 1. The van der Waals surface area contributed by atoms with E-state index in [1.54, 1.807) is 0 Å². The fourth-order valence-corrected chi connectivity index (χ4v) is 2.28. The van der Waals surface area contributed by atoms with Gasteiger partial charge in [-0.3, -0.25) is 4.90 Å². The van der Waals surface area contributed by atoms with E-state index < -0.39 is 0 Å². The van der Waals surface area contributed by atoms with Crippen molar-refractivity contribution in [3.05, 3.63) is 33.8 Å². The molecule has 2 heteroatoms. The Bertz CT molecular complexity index is 334. The molecule has 0 unspecified atom stereocenters. The molecule has 0 aliphatic rings. The van der Waals surface area contributed by atoms with Gasteiger partial charge in [0.05, 0.1) is 0 Å². The SMILES string of the molecule is CCN(Cc1cccc(C)c1Br)CC(C)C. The van der Waals surface area contributed by atoms with Crippen molar-refractivity contribution in [3.63, 3.8) is 0 Å². The molecule has 1 rings (SSSR count). The van der Waals surface area contributed by atoms with Crippen molar-refractivity contribution in [3.8, 4) is 0 Å². The number of hydrogen-bond donors (Lipinski definition) is 0. The average molecular weight is 284 g/mol. The number of rotatable bonds is 5. The molecule has 0 saturated carbocycles. The molecule has 0 heterocycles. The molecule has 0 bridgehead atoms. The third kappa shape index (κ3) is 3.91. The lowest BCUT2D eigenvalue weighted by molar-refractivity contribution is 0.248. The summed E-state index contributed by atoms with van der Waals surface area (Å²) in [7, 11) is 0. The third-order valence-electron chi connectivity index (χ3n) is 2.74. The summed E-state index contributed by atoms with van der Waals surface area (Å²) in [6.07, 6.45) is 0. The first-order valence-electron chi connectivity index (χ1n) is 6.01. The van der Waals surface area contributed by atoms with Gasteiger partial charge < -0.3 is 0 Å². The van der Waals surface area contributed by atoms with Gasteiger partial charge in [-0.1, -0.05) is 54.9 Å². The van der Waals surface area contributed by atoms with Crippen LogP contribution in [0.25, 0.3) is 0 Å². The van der Waals surface area contributed by atoms with Crippen LogP contribution < -0.4 is 0 Å². The van der Waals surface area contributed by atoms with Gasteiger partial charge in [0.15, 0.2) is 0 Å². The largest absolute Gasteiger partial charge is 0.299 e. The normalized spacial score (nSPS) is 11.4. The first-order chi connectivity index (χ1) is 7.54. The molecule has 1 aromatic carbocycles. The van der Waals surface area contributed by atoms with Gasteiger partial charge in [0.1, 0.15) is 0 Å². The molecule has 0 spiro atoms. The zero-order valence-corrected chi connectivity index (χ0v) is 12.3. The summed E-state index contributed by atoms with van der Waals surface area (Å²) in [6.45, 7) is 12.2. The predicted octanol–water partition coefficient (Wildman–Crippen LogP) is 4.24. The maximum absolute atomic E-state index is 3.68. The maximum atomic E-state index is 3.68. The average Bonchev–Trinajstić information content (AvgIpc) is 2.23. The molecule has 0 radical (unpaired) electrons. The topological polar surface area (TPSA) is 3.24 Å². The molecule has 1 nitrogen and oxygen atoms in total. The molecule has 0 N–H and O–H groups in total. The van der Waals surface area contributed by atoms with E-state index >= 15 is 0 Å². The Morgan fingerprint density at radius 3 is 2.56 bits per heavy atom. The first kappa shape index (κ1) is 13.7. The summed E-state index contributed by atoms with van der Waals surface area (Å²) in [5.74, 6) is 0.725. The standard InChI is InChI=1S/C14H22BrN/c1-5-16(9-11(2)3)10-13-8-6-7-12(4)14(13)15/h6-8,11H,5,9-10H2,1-4H3. The van der Waals surface area contributed by atoms with Crippen LogP contribution in [-0.2, 0) is 6.54 Å². The van der Waals surface area contributed by atoms with Crippen LogP contribution in [-0.4, -0.2) is 18.0 Å². The molecule has 1 aromatic rings. The minimum absolute atomic E-state index is 0.725. The molecule has 0 fully saturated rings. The van der Waals surface area contributed by atoms with E-state index in [1.165, 1.54) is 15.6 Å². The Kier molecular flexibility index (Phi) is 5.50. The van der Waals surface area contributed by atoms with E-state index in [-0.39, 0.29) is 0 Å². The Labute approximate surface area is 108 Å². The van der Waals surface area contributed by atoms with E-state index in [9.17, 15) is 0 Å².